The van der Waals surface area contributed by atoms with E-state index in [1.54, 1.807) is 43.1 Å². The van der Waals surface area contributed by atoms with E-state index in [0.717, 1.165) is 17.0 Å². The second-order valence-electron chi connectivity index (χ2n) is 5.96. The van der Waals surface area contributed by atoms with E-state index in [9.17, 15) is 9.18 Å². The molecule has 4 nitrogen and oxygen atoms in total. The van der Waals surface area contributed by atoms with Crippen molar-refractivity contribution in [1.82, 2.24) is 4.98 Å². The number of carbonyl (C=O) groups is 1. The van der Waals surface area contributed by atoms with Crippen LogP contribution < -0.4 is 4.74 Å². The van der Waals surface area contributed by atoms with E-state index in [4.69, 9.17) is 9.15 Å². The summed E-state index contributed by atoms with van der Waals surface area (Å²) in [5.41, 5.74) is 3.03. The Labute approximate surface area is 161 Å². The Balaban J connectivity index is 1.66. The maximum Gasteiger partial charge on any atom is 0.226 e. The lowest BCUT2D eigenvalue weighted by Crippen LogP contribution is -1.99. The van der Waals surface area contributed by atoms with Crippen LogP contribution in [-0.2, 0) is 11.5 Å². The summed E-state index contributed by atoms with van der Waals surface area (Å²) in [6.45, 7) is 4.05. The van der Waals surface area contributed by atoms with Crippen LogP contribution in [0.3, 0.4) is 0 Å². The van der Waals surface area contributed by atoms with Crippen molar-refractivity contribution in [3.8, 4) is 17.2 Å². The summed E-state index contributed by atoms with van der Waals surface area (Å²) in [6, 6.07) is 11.7. The predicted octanol–water partition coefficient (Wildman–Crippen LogP) is 5.52. The smallest absolute Gasteiger partial charge is 0.226 e. The molecule has 0 saturated carbocycles. The molecular weight excluding hydrogens is 365 g/mol. The third kappa shape index (κ3) is 4.98. The number of ketones is 1. The zero-order chi connectivity index (χ0) is 19.2. The molecule has 3 aromatic rings. The largest absolute Gasteiger partial charge is 0.494 e. The van der Waals surface area contributed by atoms with Gasteiger partial charge in [0.05, 0.1) is 12.3 Å². The van der Waals surface area contributed by atoms with Crippen molar-refractivity contribution in [2.75, 3.05) is 6.61 Å². The first-order valence-corrected chi connectivity index (χ1v) is 9.77. The third-order valence-electron chi connectivity index (χ3n) is 3.90. The normalized spacial score (nSPS) is 10.8. The van der Waals surface area contributed by atoms with Crippen LogP contribution in [0.4, 0.5) is 4.39 Å². The summed E-state index contributed by atoms with van der Waals surface area (Å²) in [4.78, 5) is 16.0. The molecule has 0 bridgehead atoms. The second-order valence-corrected chi connectivity index (χ2v) is 6.94. The second kappa shape index (κ2) is 8.86. The van der Waals surface area contributed by atoms with Gasteiger partial charge in [-0.05, 0) is 50.2 Å². The lowest BCUT2D eigenvalue weighted by Gasteiger charge is -2.11. The number of carbonyl (C=O) groups excluding carboxylic acids is 1. The average molecular weight is 385 g/mol. The van der Waals surface area contributed by atoms with Crippen molar-refractivity contribution >= 4 is 17.5 Å². The SMILES string of the molecule is CCOc1ccc(C(C)=O)cc1CSCc1coc(-c2cccc(F)c2)n1. The van der Waals surface area contributed by atoms with Gasteiger partial charge in [0.2, 0.25) is 5.89 Å². The number of nitrogens with zero attached hydrogens (tertiary/aromatic N) is 1. The van der Waals surface area contributed by atoms with Crippen LogP contribution in [0.5, 0.6) is 5.75 Å². The fourth-order valence-electron chi connectivity index (χ4n) is 2.60. The fraction of sp³-hybridized carbons (Fsp3) is 0.238. The zero-order valence-corrected chi connectivity index (χ0v) is 16.0. The van der Waals surface area contributed by atoms with E-state index in [0.29, 0.717) is 35.1 Å². The molecule has 0 aliphatic rings. The minimum atomic E-state index is -0.324. The minimum Gasteiger partial charge on any atom is -0.494 e. The molecule has 0 atom stereocenters. The molecule has 27 heavy (non-hydrogen) atoms. The summed E-state index contributed by atoms with van der Waals surface area (Å²) in [5.74, 6) is 2.21. The lowest BCUT2D eigenvalue weighted by molar-refractivity contribution is 0.101. The van der Waals surface area contributed by atoms with Crippen molar-refractivity contribution in [3.63, 3.8) is 0 Å². The van der Waals surface area contributed by atoms with Crippen molar-refractivity contribution < 1.29 is 18.3 Å². The van der Waals surface area contributed by atoms with Crippen molar-refractivity contribution in [1.29, 1.82) is 0 Å². The molecule has 0 N–H and O–H groups in total. The Morgan fingerprint density at radius 2 is 2.07 bits per heavy atom. The number of halogens is 1. The van der Waals surface area contributed by atoms with Crippen LogP contribution in [-0.4, -0.2) is 17.4 Å². The minimum absolute atomic E-state index is 0.0283. The van der Waals surface area contributed by atoms with Crippen LogP contribution >= 0.6 is 11.8 Å². The molecule has 3 rings (SSSR count). The molecule has 0 saturated heterocycles. The average Bonchev–Trinajstić information content (AvgIpc) is 3.12. The number of thioether (sulfide) groups is 1. The quantitative estimate of drug-likeness (QED) is 0.478. The standard InChI is InChI=1S/C21H20FNO3S/c1-3-25-20-8-7-15(14(2)24)9-17(20)12-27-13-19-11-26-21(23-19)16-5-4-6-18(22)10-16/h4-11H,3,12-13H2,1-2H3. The van der Waals surface area contributed by atoms with Gasteiger partial charge in [-0.1, -0.05) is 6.07 Å². The first-order valence-electron chi connectivity index (χ1n) is 8.61. The summed E-state index contributed by atoms with van der Waals surface area (Å²) in [6.07, 6.45) is 1.59. The Morgan fingerprint density at radius 3 is 2.81 bits per heavy atom. The van der Waals surface area contributed by atoms with Crippen LogP contribution in [0, 0.1) is 5.82 Å². The number of ether oxygens (including phenoxy) is 1. The summed E-state index contributed by atoms with van der Waals surface area (Å²) in [7, 11) is 0. The number of rotatable bonds is 8. The van der Waals surface area contributed by atoms with Gasteiger partial charge in [-0.3, -0.25) is 4.79 Å². The Hall–Kier alpha value is -2.60. The van der Waals surface area contributed by atoms with Crippen molar-refractivity contribution in [3.05, 3.63) is 71.4 Å². The van der Waals surface area contributed by atoms with Gasteiger partial charge in [0, 0.05) is 28.2 Å². The van der Waals surface area contributed by atoms with E-state index in [1.165, 1.54) is 12.1 Å². The molecule has 6 heteroatoms. The highest BCUT2D eigenvalue weighted by molar-refractivity contribution is 7.97. The van der Waals surface area contributed by atoms with E-state index in [1.807, 2.05) is 19.1 Å². The number of hydrogen-bond acceptors (Lipinski definition) is 5. The number of benzene rings is 2. The monoisotopic (exact) mass is 385 g/mol. The van der Waals surface area contributed by atoms with Gasteiger partial charge in [0.25, 0.3) is 0 Å². The van der Waals surface area contributed by atoms with Gasteiger partial charge >= 0.3 is 0 Å². The molecule has 0 fully saturated rings. The summed E-state index contributed by atoms with van der Waals surface area (Å²) >= 11 is 1.64. The maximum absolute atomic E-state index is 13.3. The lowest BCUT2D eigenvalue weighted by atomic mass is 10.1. The molecule has 1 heterocycles. The molecular formula is C21H20FNO3S. The van der Waals surface area contributed by atoms with Gasteiger partial charge < -0.3 is 9.15 Å². The Morgan fingerprint density at radius 1 is 1.22 bits per heavy atom. The number of aromatic nitrogens is 1. The fourth-order valence-corrected chi connectivity index (χ4v) is 3.49. The van der Waals surface area contributed by atoms with Crippen LogP contribution in [0.25, 0.3) is 11.5 Å². The van der Waals surface area contributed by atoms with Crippen LogP contribution in [0.2, 0.25) is 0 Å². The molecule has 0 spiro atoms. The first kappa shape index (κ1) is 19.2. The molecule has 1 aromatic heterocycles. The number of Topliss-reactive ketones (excluding diaryl/α,β-unsaturated/α-hetero) is 1. The van der Waals surface area contributed by atoms with Crippen LogP contribution in [0.1, 0.15) is 35.5 Å². The van der Waals surface area contributed by atoms with Gasteiger partial charge in [0.1, 0.15) is 17.8 Å². The van der Waals surface area contributed by atoms with Gasteiger partial charge in [-0.2, -0.15) is 11.8 Å². The summed E-state index contributed by atoms with van der Waals surface area (Å²) in [5, 5.41) is 0. The van der Waals surface area contributed by atoms with Gasteiger partial charge in [-0.25, -0.2) is 9.37 Å². The van der Waals surface area contributed by atoms with Crippen molar-refractivity contribution in [2.24, 2.45) is 0 Å². The highest BCUT2D eigenvalue weighted by Crippen LogP contribution is 2.28. The Bertz CT molecular complexity index is 939. The molecule has 140 valence electrons. The molecule has 0 radical (unpaired) electrons. The van der Waals surface area contributed by atoms with E-state index in [2.05, 4.69) is 4.98 Å². The molecule has 0 unspecified atom stereocenters. The van der Waals surface area contributed by atoms with E-state index >= 15 is 0 Å². The van der Waals surface area contributed by atoms with Gasteiger partial charge in [-0.15, -0.1) is 0 Å². The highest BCUT2D eigenvalue weighted by Gasteiger charge is 2.10. The van der Waals surface area contributed by atoms with E-state index < -0.39 is 0 Å². The molecule has 0 amide bonds. The third-order valence-corrected chi connectivity index (χ3v) is 4.91. The number of oxazole rings is 1. The number of hydrogen-bond donors (Lipinski definition) is 0. The molecule has 0 aliphatic heterocycles. The summed E-state index contributed by atoms with van der Waals surface area (Å²) < 4.78 is 24.4. The zero-order valence-electron chi connectivity index (χ0n) is 15.2. The van der Waals surface area contributed by atoms with Crippen LogP contribution in [0.15, 0.2) is 53.1 Å². The Kier molecular flexibility index (Phi) is 6.29. The van der Waals surface area contributed by atoms with E-state index in [-0.39, 0.29) is 11.6 Å². The first-order chi connectivity index (χ1) is 13.1. The highest BCUT2D eigenvalue weighted by atomic mass is 32.2. The maximum atomic E-state index is 13.3. The van der Waals surface area contributed by atoms with Crippen molar-refractivity contribution in [2.45, 2.75) is 25.4 Å². The predicted molar refractivity (Wildman–Crippen MR) is 105 cm³/mol. The molecule has 2 aromatic carbocycles. The topological polar surface area (TPSA) is 52.3 Å². The van der Waals surface area contributed by atoms with Gasteiger partial charge in [0.15, 0.2) is 5.78 Å². The molecule has 0 aliphatic carbocycles.